The van der Waals surface area contributed by atoms with Gasteiger partial charge in [0.25, 0.3) is 0 Å². The van der Waals surface area contributed by atoms with Crippen LogP contribution in [0.4, 0.5) is 0 Å². The summed E-state index contributed by atoms with van der Waals surface area (Å²) in [7, 11) is 0. The van der Waals surface area contributed by atoms with E-state index in [-0.39, 0.29) is 0 Å². The number of hydrogen-bond donors (Lipinski definition) is 2. The average molecular weight is 252 g/mol. The molecule has 0 fully saturated rings. The predicted molar refractivity (Wildman–Crippen MR) is 67.8 cm³/mol. The fourth-order valence-electron chi connectivity index (χ4n) is 1.38. The first-order valence-electron chi connectivity index (χ1n) is 6.06. The quantitative estimate of drug-likeness (QED) is 0.464. The van der Waals surface area contributed by atoms with Crippen molar-refractivity contribution in [3.8, 4) is 11.8 Å². The van der Waals surface area contributed by atoms with Gasteiger partial charge in [-0.3, -0.25) is 4.68 Å². The van der Waals surface area contributed by atoms with Gasteiger partial charge in [-0.15, -0.1) is 11.0 Å². The van der Waals surface area contributed by atoms with Crippen molar-refractivity contribution >= 4 is 0 Å². The van der Waals surface area contributed by atoms with Crippen LogP contribution in [0.1, 0.15) is 13.3 Å². The Balaban J connectivity index is 1.85. The number of aryl methyl sites for hydroxylation is 1. The second-order valence-electron chi connectivity index (χ2n) is 3.75. The van der Waals surface area contributed by atoms with Crippen LogP contribution in [-0.2, 0) is 11.3 Å². The van der Waals surface area contributed by atoms with Gasteiger partial charge in [0.05, 0.1) is 12.8 Å². The van der Waals surface area contributed by atoms with E-state index in [1.54, 1.807) is 17.8 Å². The molecule has 0 radical (unpaired) electrons. The predicted octanol–water partition coefficient (Wildman–Crippen LogP) is -0.341. The number of ether oxygens (including phenoxy) is 1. The molecule has 0 aliphatic heterocycles. The Morgan fingerprint density at radius 3 is 3.11 bits per heavy atom. The standard InChI is InChI=1S/C12H20N4O2/c1-2-4-12(17)11-13-6-10-18-9-3-7-16-8-5-14-15-16/h5,8,12-13,17H,3,6-7,9-11H2,1H3. The number of hydrogen-bond acceptors (Lipinski definition) is 5. The van der Waals surface area contributed by atoms with Gasteiger partial charge >= 0.3 is 0 Å². The first-order valence-corrected chi connectivity index (χ1v) is 6.06. The minimum Gasteiger partial charge on any atom is -0.380 e. The van der Waals surface area contributed by atoms with Crippen LogP contribution in [0.5, 0.6) is 0 Å². The zero-order chi connectivity index (χ0) is 13.1. The molecule has 0 aliphatic carbocycles. The van der Waals surface area contributed by atoms with E-state index in [2.05, 4.69) is 27.5 Å². The minimum atomic E-state index is -0.595. The summed E-state index contributed by atoms with van der Waals surface area (Å²) in [5.41, 5.74) is 0. The first-order chi connectivity index (χ1) is 8.83. The molecular weight excluding hydrogens is 232 g/mol. The SMILES string of the molecule is CC#CC(O)CNCCOCCCn1ccnn1. The smallest absolute Gasteiger partial charge is 0.127 e. The average Bonchev–Trinajstić information content (AvgIpc) is 2.86. The van der Waals surface area contributed by atoms with Crippen molar-refractivity contribution in [3.05, 3.63) is 12.4 Å². The molecule has 0 aliphatic rings. The third kappa shape index (κ3) is 7.01. The molecule has 0 aromatic carbocycles. The molecular formula is C12H20N4O2. The highest BCUT2D eigenvalue weighted by atomic mass is 16.5. The van der Waals surface area contributed by atoms with Crippen LogP contribution in [0, 0.1) is 11.8 Å². The number of rotatable bonds is 9. The van der Waals surface area contributed by atoms with Gasteiger partial charge in [-0.05, 0) is 13.3 Å². The van der Waals surface area contributed by atoms with Gasteiger partial charge in [-0.2, -0.15) is 0 Å². The van der Waals surface area contributed by atoms with E-state index in [1.165, 1.54) is 0 Å². The van der Waals surface area contributed by atoms with Crippen LogP contribution < -0.4 is 5.32 Å². The Hall–Kier alpha value is -1.42. The van der Waals surface area contributed by atoms with E-state index >= 15 is 0 Å². The zero-order valence-electron chi connectivity index (χ0n) is 10.7. The van der Waals surface area contributed by atoms with Crippen molar-refractivity contribution in [1.29, 1.82) is 0 Å². The maximum absolute atomic E-state index is 9.30. The molecule has 0 bridgehead atoms. The Morgan fingerprint density at radius 1 is 1.50 bits per heavy atom. The third-order valence-corrected chi connectivity index (χ3v) is 2.22. The molecule has 6 heteroatoms. The maximum Gasteiger partial charge on any atom is 0.127 e. The molecule has 18 heavy (non-hydrogen) atoms. The van der Waals surface area contributed by atoms with Crippen molar-refractivity contribution in [2.24, 2.45) is 0 Å². The van der Waals surface area contributed by atoms with E-state index in [9.17, 15) is 5.11 Å². The minimum absolute atomic E-state index is 0.475. The van der Waals surface area contributed by atoms with E-state index in [0.717, 1.165) is 13.0 Å². The highest BCUT2D eigenvalue weighted by molar-refractivity contribution is 5.02. The molecule has 0 saturated carbocycles. The van der Waals surface area contributed by atoms with E-state index in [1.807, 2.05) is 6.20 Å². The Labute approximate surface area is 107 Å². The Bertz CT molecular complexity index is 356. The number of nitrogens with one attached hydrogen (secondary N) is 1. The van der Waals surface area contributed by atoms with Crippen molar-refractivity contribution < 1.29 is 9.84 Å². The van der Waals surface area contributed by atoms with Crippen LogP contribution in [0.25, 0.3) is 0 Å². The molecule has 0 amide bonds. The number of aliphatic hydroxyl groups excluding tert-OH is 1. The van der Waals surface area contributed by atoms with Crippen molar-refractivity contribution in [2.75, 3.05) is 26.3 Å². The van der Waals surface area contributed by atoms with Crippen LogP contribution in [-0.4, -0.2) is 52.5 Å². The topological polar surface area (TPSA) is 72.2 Å². The Kier molecular flexibility index (Phi) is 7.80. The third-order valence-electron chi connectivity index (χ3n) is 2.22. The van der Waals surface area contributed by atoms with E-state index in [4.69, 9.17) is 4.74 Å². The molecule has 0 spiro atoms. The van der Waals surface area contributed by atoms with Gasteiger partial charge in [-0.1, -0.05) is 11.1 Å². The Morgan fingerprint density at radius 2 is 2.39 bits per heavy atom. The van der Waals surface area contributed by atoms with Gasteiger partial charge in [0.1, 0.15) is 6.10 Å². The van der Waals surface area contributed by atoms with Gasteiger partial charge in [0.15, 0.2) is 0 Å². The summed E-state index contributed by atoms with van der Waals surface area (Å²) >= 11 is 0. The monoisotopic (exact) mass is 252 g/mol. The van der Waals surface area contributed by atoms with Crippen LogP contribution >= 0.6 is 0 Å². The van der Waals surface area contributed by atoms with Gasteiger partial charge < -0.3 is 15.2 Å². The molecule has 1 unspecified atom stereocenters. The lowest BCUT2D eigenvalue weighted by Crippen LogP contribution is -2.28. The molecule has 6 nitrogen and oxygen atoms in total. The highest BCUT2D eigenvalue weighted by Crippen LogP contribution is 1.88. The normalized spacial score (nSPS) is 11.9. The van der Waals surface area contributed by atoms with Crippen LogP contribution in [0.2, 0.25) is 0 Å². The first kappa shape index (κ1) is 14.6. The lowest BCUT2D eigenvalue weighted by molar-refractivity contribution is 0.126. The molecule has 1 aromatic heterocycles. The van der Waals surface area contributed by atoms with Gasteiger partial charge in [0.2, 0.25) is 0 Å². The van der Waals surface area contributed by atoms with E-state index < -0.39 is 6.10 Å². The molecule has 1 atom stereocenters. The van der Waals surface area contributed by atoms with Crippen molar-refractivity contribution in [3.63, 3.8) is 0 Å². The summed E-state index contributed by atoms with van der Waals surface area (Å²) in [5, 5.41) is 20.0. The summed E-state index contributed by atoms with van der Waals surface area (Å²) in [6, 6.07) is 0. The summed E-state index contributed by atoms with van der Waals surface area (Å²) in [6.07, 6.45) is 3.81. The summed E-state index contributed by atoms with van der Waals surface area (Å²) < 4.78 is 7.21. The molecule has 100 valence electrons. The molecule has 2 N–H and O–H groups in total. The molecule has 1 heterocycles. The second kappa shape index (κ2) is 9.59. The van der Waals surface area contributed by atoms with Crippen LogP contribution in [0.3, 0.4) is 0 Å². The van der Waals surface area contributed by atoms with Crippen molar-refractivity contribution in [2.45, 2.75) is 26.0 Å². The van der Waals surface area contributed by atoms with E-state index in [0.29, 0.717) is 26.3 Å². The molecule has 1 rings (SSSR count). The molecule has 1 aromatic rings. The van der Waals surface area contributed by atoms with Crippen molar-refractivity contribution in [1.82, 2.24) is 20.3 Å². The fourth-order valence-corrected chi connectivity index (χ4v) is 1.38. The molecule has 0 saturated heterocycles. The highest BCUT2D eigenvalue weighted by Gasteiger charge is 1.97. The fraction of sp³-hybridized carbons (Fsp3) is 0.667. The summed E-state index contributed by atoms with van der Waals surface area (Å²) in [5.74, 6) is 5.32. The summed E-state index contributed by atoms with van der Waals surface area (Å²) in [4.78, 5) is 0. The number of nitrogens with zero attached hydrogens (tertiary/aromatic N) is 3. The van der Waals surface area contributed by atoms with Gasteiger partial charge in [-0.25, -0.2) is 0 Å². The van der Waals surface area contributed by atoms with Gasteiger partial charge in [0, 0.05) is 32.4 Å². The lowest BCUT2D eigenvalue weighted by Gasteiger charge is -2.07. The lowest BCUT2D eigenvalue weighted by atomic mass is 10.3. The van der Waals surface area contributed by atoms with Crippen LogP contribution in [0.15, 0.2) is 12.4 Å². The second-order valence-corrected chi connectivity index (χ2v) is 3.75. The number of aromatic nitrogens is 3. The maximum atomic E-state index is 9.30. The number of aliphatic hydroxyl groups is 1. The zero-order valence-corrected chi connectivity index (χ0v) is 10.7. The largest absolute Gasteiger partial charge is 0.380 e. The summed E-state index contributed by atoms with van der Waals surface area (Å²) in [6.45, 7) is 5.04.